The second-order valence-electron chi connectivity index (χ2n) is 6.36. The number of carbonyl (C=O) groups is 1. The van der Waals surface area contributed by atoms with E-state index in [0.29, 0.717) is 23.8 Å². The molecule has 0 spiro atoms. The van der Waals surface area contributed by atoms with Gasteiger partial charge in [-0.2, -0.15) is 0 Å². The number of rotatable bonds is 5. The average molecular weight is 398 g/mol. The van der Waals surface area contributed by atoms with Crippen molar-refractivity contribution in [2.45, 2.75) is 13.8 Å². The van der Waals surface area contributed by atoms with E-state index in [1.165, 1.54) is 0 Å². The molecule has 4 heteroatoms. The Bertz CT molecular complexity index is 905. The first-order chi connectivity index (χ1) is 12.0. The zero-order valence-corrected chi connectivity index (χ0v) is 15.8. The Labute approximate surface area is 156 Å². The summed E-state index contributed by atoms with van der Waals surface area (Å²) in [5.41, 5.74) is 1.28. The first-order valence-electron chi connectivity index (χ1n) is 8.25. The Morgan fingerprint density at radius 3 is 2.56 bits per heavy atom. The number of fused-ring (bicyclic) bond motifs is 1. The number of hydrogen-bond acceptors (Lipinski definition) is 2. The van der Waals surface area contributed by atoms with Crippen LogP contribution < -0.4 is 10.1 Å². The van der Waals surface area contributed by atoms with Gasteiger partial charge < -0.3 is 10.1 Å². The Morgan fingerprint density at radius 2 is 1.80 bits per heavy atom. The molecule has 3 aromatic rings. The van der Waals surface area contributed by atoms with E-state index in [4.69, 9.17) is 4.74 Å². The molecule has 0 unspecified atom stereocenters. The van der Waals surface area contributed by atoms with Gasteiger partial charge in [0.15, 0.2) is 0 Å². The summed E-state index contributed by atoms with van der Waals surface area (Å²) >= 11 is 3.43. The van der Waals surface area contributed by atoms with Crippen LogP contribution in [0.1, 0.15) is 24.2 Å². The van der Waals surface area contributed by atoms with Crippen molar-refractivity contribution in [3.8, 4) is 5.75 Å². The van der Waals surface area contributed by atoms with Gasteiger partial charge >= 0.3 is 0 Å². The highest BCUT2D eigenvalue weighted by Crippen LogP contribution is 2.26. The molecule has 0 aromatic heterocycles. The van der Waals surface area contributed by atoms with Gasteiger partial charge in [-0.05, 0) is 47.0 Å². The summed E-state index contributed by atoms with van der Waals surface area (Å²) in [6.07, 6.45) is 0. The summed E-state index contributed by atoms with van der Waals surface area (Å²) in [4.78, 5) is 12.8. The van der Waals surface area contributed by atoms with Gasteiger partial charge in [0.25, 0.3) is 5.91 Å². The molecule has 0 aliphatic carbocycles. The fourth-order valence-corrected chi connectivity index (χ4v) is 2.89. The molecular weight excluding hydrogens is 378 g/mol. The average Bonchev–Trinajstić information content (AvgIpc) is 2.60. The Morgan fingerprint density at radius 1 is 1.04 bits per heavy atom. The van der Waals surface area contributed by atoms with Crippen LogP contribution in [-0.2, 0) is 0 Å². The number of nitrogens with one attached hydrogen (secondary N) is 1. The Hall–Kier alpha value is -2.33. The van der Waals surface area contributed by atoms with E-state index < -0.39 is 0 Å². The normalized spacial score (nSPS) is 10.9. The van der Waals surface area contributed by atoms with Gasteiger partial charge in [-0.25, -0.2) is 0 Å². The summed E-state index contributed by atoms with van der Waals surface area (Å²) in [5, 5.41) is 5.20. The maximum atomic E-state index is 12.8. The smallest absolute Gasteiger partial charge is 0.259 e. The molecule has 0 atom stereocenters. The molecule has 3 aromatic carbocycles. The molecule has 0 aliphatic heterocycles. The maximum absolute atomic E-state index is 12.8. The minimum Gasteiger partial charge on any atom is -0.492 e. The lowest BCUT2D eigenvalue weighted by Gasteiger charge is -2.14. The number of hydrogen-bond donors (Lipinski definition) is 1. The van der Waals surface area contributed by atoms with Crippen molar-refractivity contribution >= 4 is 38.3 Å². The van der Waals surface area contributed by atoms with Crippen molar-refractivity contribution in [3.05, 3.63) is 70.7 Å². The molecule has 0 fully saturated rings. The molecule has 128 valence electrons. The van der Waals surface area contributed by atoms with Crippen molar-refractivity contribution in [2.75, 3.05) is 11.9 Å². The highest BCUT2D eigenvalue weighted by molar-refractivity contribution is 9.10. The number of benzene rings is 3. The molecule has 3 rings (SSSR count). The fourth-order valence-electron chi connectivity index (χ4n) is 2.53. The third-order valence-corrected chi connectivity index (χ3v) is 4.26. The highest BCUT2D eigenvalue weighted by atomic mass is 79.9. The largest absolute Gasteiger partial charge is 0.492 e. The van der Waals surface area contributed by atoms with Crippen LogP contribution in [0, 0.1) is 5.92 Å². The lowest BCUT2D eigenvalue weighted by atomic mass is 10.1. The van der Waals surface area contributed by atoms with Crippen molar-refractivity contribution in [1.82, 2.24) is 0 Å². The minimum absolute atomic E-state index is 0.185. The molecule has 0 aliphatic rings. The van der Waals surface area contributed by atoms with Crippen LogP contribution in [0.4, 0.5) is 5.69 Å². The van der Waals surface area contributed by atoms with Crippen LogP contribution in [0.5, 0.6) is 5.75 Å². The molecule has 0 saturated carbocycles. The monoisotopic (exact) mass is 397 g/mol. The molecule has 0 heterocycles. The predicted molar refractivity (Wildman–Crippen MR) is 106 cm³/mol. The molecule has 25 heavy (non-hydrogen) atoms. The second-order valence-corrected chi connectivity index (χ2v) is 7.28. The van der Waals surface area contributed by atoms with Crippen LogP contribution in [0.3, 0.4) is 0 Å². The van der Waals surface area contributed by atoms with Gasteiger partial charge in [0.05, 0.1) is 12.2 Å². The minimum atomic E-state index is -0.185. The number of ether oxygens (including phenoxy) is 1. The second kappa shape index (κ2) is 7.70. The van der Waals surface area contributed by atoms with Crippen LogP contribution in [0.2, 0.25) is 0 Å². The van der Waals surface area contributed by atoms with Crippen molar-refractivity contribution in [1.29, 1.82) is 0 Å². The molecule has 1 N–H and O–H groups in total. The van der Waals surface area contributed by atoms with E-state index in [-0.39, 0.29) is 5.91 Å². The summed E-state index contributed by atoms with van der Waals surface area (Å²) in [7, 11) is 0. The zero-order chi connectivity index (χ0) is 17.8. The summed E-state index contributed by atoms with van der Waals surface area (Å²) < 4.78 is 6.64. The molecule has 1 amide bonds. The van der Waals surface area contributed by atoms with E-state index >= 15 is 0 Å². The molecular formula is C21H20BrNO2. The van der Waals surface area contributed by atoms with Crippen molar-refractivity contribution in [3.63, 3.8) is 0 Å². The summed E-state index contributed by atoms with van der Waals surface area (Å²) in [6.45, 7) is 4.72. The Kier molecular flexibility index (Phi) is 5.39. The van der Waals surface area contributed by atoms with Crippen LogP contribution in [0.15, 0.2) is 65.1 Å². The third-order valence-electron chi connectivity index (χ3n) is 3.77. The number of halogens is 1. The fraction of sp³-hybridized carbons (Fsp3) is 0.190. The molecule has 3 nitrogen and oxygen atoms in total. The van der Waals surface area contributed by atoms with Crippen LogP contribution in [0.25, 0.3) is 10.8 Å². The molecule has 0 bridgehead atoms. The van der Waals surface area contributed by atoms with Gasteiger partial charge in [-0.3, -0.25) is 4.79 Å². The number of anilines is 1. The summed E-state index contributed by atoms with van der Waals surface area (Å²) in [5.74, 6) is 0.797. The van der Waals surface area contributed by atoms with E-state index in [9.17, 15) is 4.79 Å². The third kappa shape index (κ3) is 4.40. The van der Waals surface area contributed by atoms with E-state index in [1.807, 2.05) is 54.6 Å². The first kappa shape index (κ1) is 17.5. The Balaban J connectivity index is 1.85. The zero-order valence-electron chi connectivity index (χ0n) is 14.3. The maximum Gasteiger partial charge on any atom is 0.259 e. The van der Waals surface area contributed by atoms with Gasteiger partial charge in [0, 0.05) is 10.2 Å². The quantitative estimate of drug-likeness (QED) is 0.582. The van der Waals surface area contributed by atoms with Crippen LogP contribution in [-0.4, -0.2) is 12.5 Å². The SMILES string of the molecule is CC(C)COc1ccc(Br)cc1C(=O)Nc1ccc2ccccc2c1. The topological polar surface area (TPSA) is 38.3 Å². The standard InChI is InChI=1S/C21H20BrNO2/c1-14(2)13-25-20-10-8-17(22)12-19(20)21(24)23-18-9-7-15-5-3-4-6-16(15)11-18/h3-12,14H,13H2,1-2H3,(H,23,24). The van der Waals surface area contributed by atoms with Crippen molar-refractivity contribution < 1.29 is 9.53 Å². The van der Waals surface area contributed by atoms with E-state index in [1.54, 1.807) is 6.07 Å². The lowest BCUT2D eigenvalue weighted by molar-refractivity contribution is 0.102. The van der Waals surface area contributed by atoms with Gasteiger partial charge in [0.1, 0.15) is 5.75 Å². The van der Waals surface area contributed by atoms with Gasteiger partial charge in [-0.15, -0.1) is 0 Å². The molecule has 0 radical (unpaired) electrons. The lowest BCUT2D eigenvalue weighted by Crippen LogP contribution is -2.15. The number of carbonyl (C=O) groups excluding carboxylic acids is 1. The van der Waals surface area contributed by atoms with Gasteiger partial charge in [0.2, 0.25) is 0 Å². The predicted octanol–water partition coefficient (Wildman–Crippen LogP) is 5.89. The van der Waals surface area contributed by atoms with Crippen molar-refractivity contribution in [2.24, 2.45) is 5.92 Å². The van der Waals surface area contributed by atoms with E-state index in [2.05, 4.69) is 35.1 Å². The highest BCUT2D eigenvalue weighted by Gasteiger charge is 2.14. The van der Waals surface area contributed by atoms with E-state index in [0.717, 1.165) is 20.9 Å². The first-order valence-corrected chi connectivity index (χ1v) is 9.05. The number of amides is 1. The summed E-state index contributed by atoms with van der Waals surface area (Å²) in [6, 6.07) is 19.4. The molecule has 0 saturated heterocycles. The van der Waals surface area contributed by atoms with Crippen LogP contribution >= 0.6 is 15.9 Å². The van der Waals surface area contributed by atoms with Gasteiger partial charge in [-0.1, -0.05) is 60.1 Å².